The molecule has 0 saturated carbocycles. The molecule has 0 bridgehead atoms. The number of nitrogens with one attached hydrogen (secondary N) is 1. The summed E-state index contributed by atoms with van der Waals surface area (Å²) >= 11 is 0. The first kappa shape index (κ1) is 34.4. The lowest BCUT2D eigenvalue weighted by atomic mass is 9.77. The number of halogens is 3. The summed E-state index contributed by atoms with van der Waals surface area (Å²) in [4.78, 5) is 52.5. The first-order valence-corrected chi connectivity index (χ1v) is 14.8. The standard InChI is InChI=1S/C36H32F3NO7/c1-3-45-33(43)35(34(44)46-4-2,26-13-9-6-10-14-26)21-22-47-32(42)25-15-18-28(19-16-25)40-31(41)30-23-27(36(37,38)39)17-20-29(30)24-11-7-5-8-12-24/h5-20,23H,3-4,21-22H2,1-2H3,(H,40,41). The Hall–Kier alpha value is -5.45. The number of benzene rings is 4. The van der Waals surface area contributed by atoms with Crippen molar-refractivity contribution in [3.05, 3.63) is 125 Å². The van der Waals surface area contributed by atoms with E-state index in [0.29, 0.717) is 16.7 Å². The summed E-state index contributed by atoms with van der Waals surface area (Å²) in [5.74, 6) is -3.23. The molecule has 8 nitrogen and oxygen atoms in total. The van der Waals surface area contributed by atoms with E-state index in [4.69, 9.17) is 14.2 Å². The van der Waals surface area contributed by atoms with E-state index in [2.05, 4.69) is 5.32 Å². The van der Waals surface area contributed by atoms with Crippen LogP contribution in [0.4, 0.5) is 18.9 Å². The Labute approximate surface area is 269 Å². The lowest BCUT2D eigenvalue weighted by Gasteiger charge is -2.29. The molecule has 11 heteroatoms. The van der Waals surface area contributed by atoms with Crippen LogP contribution in [0.25, 0.3) is 11.1 Å². The number of esters is 3. The van der Waals surface area contributed by atoms with Crippen LogP contribution in [-0.4, -0.2) is 43.6 Å². The molecule has 0 fully saturated rings. The highest BCUT2D eigenvalue weighted by Crippen LogP contribution is 2.34. The third-order valence-electron chi connectivity index (χ3n) is 7.28. The summed E-state index contributed by atoms with van der Waals surface area (Å²) in [5.41, 5.74) is -1.52. The fraction of sp³-hybridized carbons (Fsp3) is 0.222. The number of rotatable bonds is 12. The Morgan fingerprint density at radius 3 is 1.81 bits per heavy atom. The molecule has 4 rings (SSSR count). The lowest BCUT2D eigenvalue weighted by molar-refractivity contribution is -0.166. The summed E-state index contributed by atoms with van der Waals surface area (Å²) in [6.07, 6.45) is -4.91. The van der Waals surface area contributed by atoms with Gasteiger partial charge in [-0.1, -0.05) is 66.7 Å². The second-order valence-electron chi connectivity index (χ2n) is 10.3. The molecule has 0 aliphatic heterocycles. The van der Waals surface area contributed by atoms with Gasteiger partial charge in [-0.25, -0.2) is 4.79 Å². The Balaban J connectivity index is 1.49. The molecule has 0 spiro atoms. The number of carbonyl (C=O) groups excluding carboxylic acids is 4. The summed E-state index contributed by atoms with van der Waals surface area (Å²) in [7, 11) is 0. The Bertz CT molecular complexity index is 1690. The van der Waals surface area contributed by atoms with Crippen molar-refractivity contribution >= 4 is 29.5 Å². The second-order valence-corrected chi connectivity index (χ2v) is 10.3. The Morgan fingerprint density at radius 1 is 0.681 bits per heavy atom. The minimum absolute atomic E-state index is 0.0107. The van der Waals surface area contributed by atoms with E-state index in [0.717, 1.165) is 12.1 Å². The maximum atomic E-state index is 13.5. The van der Waals surface area contributed by atoms with Crippen molar-refractivity contribution in [3.63, 3.8) is 0 Å². The topological polar surface area (TPSA) is 108 Å². The van der Waals surface area contributed by atoms with Crippen LogP contribution in [0.2, 0.25) is 0 Å². The highest BCUT2D eigenvalue weighted by atomic mass is 19.4. The zero-order valence-corrected chi connectivity index (χ0v) is 25.6. The van der Waals surface area contributed by atoms with Gasteiger partial charge in [0.05, 0.1) is 30.9 Å². The predicted octanol–water partition coefficient (Wildman–Crippen LogP) is 7.24. The number of hydrogen-bond acceptors (Lipinski definition) is 7. The van der Waals surface area contributed by atoms with E-state index < -0.39 is 41.0 Å². The van der Waals surface area contributed by atoms with E-state index in [-0.39, 0.29) is 43.1 Å². The second kappa shape index (κ2) is 15.2. The van der Waals surface area contributed by atoms with E-state index in [1.807, 2.05) is 0 Å². The van der Waals surface area contributed by atoms with Crippen LogP contribution in [0.5, 0.6) is 0 Å². The summed E-state index contributed by atoms with van der Waals surface area (Å²) in [6.45, 7) is 2.88. The van der Waals surface area contributed by atoms with E-state index >= 15 is 0 Å². The molecule has 0 atom stereocenters. The molecule has 0 aliphatic carbocycles. The predicted molar refractivity (Wildman–Crippen MR) is 168 cm³/mol. The minimum atomic E-state index is -4.65. The summed E-state index contributed by atoms with van der Waals surface area (Å²) in [5, 5.41) is 2.58. The first-order chi connectivity index (χ1) is 22.5. The summed E-state index contributed by atoms with van der Waals surface area (Å²) in [6, 6.07) is 25.2. The molecular formula is C36H32F3NO7. The molecule has 0 radical (unpaired) electrons. The van der Waals surface area contributed by atoms with Gasteiger partial charge in [-0.2, -0.15) is 13.2 Å². The average Bonchev–Trinajstić information content (AvgIpc) is 3.07. The number of amides is 1. The quantitative estimate of drug-likeness (QED) is 0.0982. The van der Waals surface area contributed by atoms with Gasteiger partial charge in [0.1, 0.15) is 0 Å². The van der Waals surface area contributed by atoms with Gasteiger partial charge in [0.15, 0.2) is 5.41 Å². The molecule has 0 unspecified atom stereocenters. The van der Waals surface area contributed by atoms with Crippen LogP contribution in [0.15, 0.2) is 103 Å². The molecule has 0 aromatic heterocycles. The van der Waals surface area contributed by atoms with Gasteiger partial charge in [-0.15, -0.1) is 0 Å². The molecular weight excluding hydrogens is 615 g/mol. The number of carbonyl (C=O) groups is 4. The van der Waals surface area contributed by atoms with Gasteiger partial charge in [-0.3, -0.25) is 14.4 Å². The van der Waals surface area contributed by atoms with Crippen molar-refractivity contribution in [3.8, 4) is 11.1 Å². The minimum Gasteiger partial charge on any atom is -0.465 e. The maximum absolute atomic E-state index is 13.5. The monoisotopic (exact) mass is 647 g/mol. The van der Waals surface area contributed by atoms with Gasteiger partial charge in [0.2, 0.25) is 0 Å². The largest absolute Gasteiger partial charge is 0.465 e. The summed E-state index contributed by atoms with van der Waals surface area (Å²) < 4.78 is 56.3. The number of ether oxygens (including phenoxy) is 3. The molecule has 1 N–H and O–H groups in total. The molecule has 244 valence electrons. The van der Waals surface area contributed by atoms with E-state index in [1.165, 1.54) is 30.3 Å². The normalized spacial score (nSPS) is 11.3. The fourth-order valence-corrected chi connectivity index (χ4v) is 4.94. The first-order valence-electron chi connectivity index (χ1n) is 14.8. The van der Waals surface area contributed by atoms with Crippen molar-refractivity contribution in [2.45, 2.75) is 31.9 Å². The van der Waals surface area contributed by atoms with E-state index in [1.54, 1.807) is 74.5 Å². The van der Waals surface area contributed by atoms with Crippen LogP contribution in [0, 0.1) is 0 Å². The van der Waals surface area contributed by atoms with E-state index in [9.17, 15) is 32.3 Å². The molecule has 0 aliphatic rings. The van der Waals surface area contributed by atoms with Crippen LogP contribution in [0.3, 0.4) is 0 Å². The van der Waals surface area contributed by atoms with Gasteiger partial charge >= 0.3 is 24.1 Å². The van der Waals surface area contributed by atoms with Gasteiger partial charge in [-0.05, 0) is 66.9 Å². The van der Waals surface area contributed by atoms with Crippen molar-refractivity contribution in [2.75, 3.05) is 25.1 Å². The molecule has 1 amide bonds. The number of alkyl halides is 3. The molecule has 4 aromatic carbocycles. The SMILES string of the molecule is CCOC(=O)C(CCOC(=O)c1ccc(NC(=O)c2cc(C(F)(F)F)ccc2-c2ccccc2)cc1)(C(=O)OCC)c1ccccc1. The zero-order chi connectivity index (χ0) is 34.0. The number of hydrogen-bond donors (Lipinski definition) is 1. The smallest absolute Gasteiger partial charge is 0.416 e. The molecule has 0 saturated heterocycles. The lowest BCUT2D eigenvalue weighted by Crippen LogP contribution is -2.47. The van der Waals surface area contributed by atoms with Crippen molar-refractivity contribution in [1.29, 1.82) is 0 Å². The fourth-order valence-electron chi connectivity index (χ4n) is 4.94. The average molecular weight is 648 g/mol. The Morgan fingerprint density at radius 2 is 1.26 bits per heavy atom. The van der Waals surface area contributed by atoms with Gasteiger partial charge in [0, 0.05) is 17.7 Å². The molecule has 4 aromatic rings. The van der Waals surface area contributed by atoms with Gasteiger partial charge < -0.3 is 19.5 Å². The highest BCUT2D eigenvalue weighted by molar-refractivity contribution is 6.09. The van der Waals surface area contributed by atoms with Crippen molar-refractivity contribution in [2.24, 2.45) is 0 Å². The van der Waals surface area contributed by atoms with Gasteiger partial charge in [0.25, 0.3) is 5.91 Å². The molecule has 47 heavy (non-hydrogen) atoms. The van der Waals surface area contributed by atoms with Crippen LogP contribution in [-0.2, 0) is 35.4 Å². The Kier molecular flexibility index (Phi) is 11.1. The van der Waals surface area contributed by atoms with Crippen molar-refractivity contribution < 1.29 is 46.6 Å². The third kappa shape index (κ3) is 8.04. The third-order valence-corrected chi connectivity index (χ3v) is 7.28. The van der Waals surface area contributed by atoms with Crippen LogP contribution in [0.1, 0.15) is 52.1 Å². The highest BCUT2D eigenvalue weighted by Gasteiger charge is 2.50. The zero-order valence-electron chi connectivity index (χ0n) is 25.6. The number of anilines is 1. The molecule has 0 heterocycles. The van der Waals surface area contributed by atoms with Crippen LogP contribution < -0.4 is 5.32 Å². The van der Waals surface area contributed by atoms with Crippen LogP contribution >= 0.6 is 0 Å². The maximum Gasteiger partial charge on any atom is 0.416 e. The van der Waals surface area contributed by atoms with Crippen molar-refractivity contribution in [1.82, 2.24) is 0 Å².